The summed E-state index contributed by atoms with van der Waals surface area (Å²) in [4.78, 5) is 24.0. The van der Waals surface area contributed by atoms with E-state index in [1.165, 1.54) is 11.8 Å². The second-order valence-electron chi connectivity index (χ2n) is 6.55. The number of anilines is 1. The second kappa shape index (κ2) is 7.61. The molecule has 1 aromatic carbocycles. The Bertz CT molecular complexity index is 678. The van der Waals surface area contributed by atoms with Crippen molar-refractivity contribution in [2.75, 3.05) is 5.32 Å². The van der Waals surface area contributed by atoms with Gasteiger partial charge >= 0.3 is 0 Å². The molecule has 2 amide bonds. The van der Waals surface area contributed by atoms with Gasteiger partial charge in [0.1, 0.15) is 5.25 Å². The van der Waals surface area contributed by atoms with Gasteiger partial charge in [0.25, 0.3) is 0 Å². The standard InChI is InChI=1S/C17H22N4O2S/c1-11(17(2,3)4)20-21-16-19-15(23)13(24-16)10-14(22)18-12-8-6-5-7-9-12/h5-9,13H,10H2,1-4H3,(H,18,22)(H,19,21,23)/t13-/m0/s1. The third kappa shape index (κ3) is 5.19. The molecule has 1 saturated heterocycles. The molecule has 6 nitrogen and oxygen atoms in total. The van der Waals surface area contributed by atoms with Crippen LogP contribution in [0.2, 0.25) is 0 Å². The molecule has 1 aliphatic heterocycles. The number of hydrogen-bond acceptors (Lipinski definition) is 5. The Balaban J connectivity index is 1.94. The zero-order valence-electron chi connectivity index (χ0n) is 14.3. The normalized spacial score (nSPS) is 20.2. The van der Waals surface area contributed by atoms with Crippen LogP contribution in [-0.2, 0) is 9.59 Å². The first-order valence-electron chi connectivity index (χ1n) is 7.71. The van der Waals surface area contributed by atoms with E-state index < -0.39 is 5.25 Å². The maximum absolute atomic E-state index is 12.0. The molecular weight excluding hydrogens is 324 g/mol. The predicted molar refractivity (Wildman–Crippen MR) is 99.2 cm³/mol. The first-order chi connectivity index (χ1) is 11.3. The fourth-order valence-corrected chi connectivity index (χ4v) is 2.68. The summed E-state index contributed by atoms with van der Waals surface area (Å²) in [5, 5.41) is 13.6. The van der Waals surface area contributed by atoms with Crippen molar-refractivity contribution in [3.8, 4) is 0 Å². The Morgan fingerprint density at radius 2 is 1.96 bits per heavy atom. The minimum absolute atomic E-state index is 0.0771. The van der Waals surface area contributed by atoms with Gasteiger partial charge in [-0.05, 0) is 19.1 Å². The molecule has 1 aromatic rings. The summed E-state index contributed by atoms with van der Waals surface area (Å²) in [5.74, 6) is -0.421. The van der Waals surface area contributed by atoms with Gasteiger partial charge in [0, 0.05) is 23.2 Å². The van der Waals surface area contributed by atoms with E-state index in [4.69, 9.17) is 0 Å². The first-order valence-corrected chi connectivity index (χ1v) is 8.59. The van der Waals surface area contributed by atoms with Crippen LogP contribution >= 0.6 is 11.8 Å². The van der Waals surface area contributed by atoms with E-state index in [9.17, 15) is 9.59 Å². The topological polar surface area (TPSA) is 82.9 Å². The molecule has 0 bridgehead atoms. The minimum atomic E-state index is -0.488. The van der Waals surface area contributed by atoms with Crippen molar-refractivity contribution in [3.05, 3.63) is 30.3 Å². The van der Waals surface area contributed by atoms with Crippen LogP contribution in [-0.4, -0.2) is 27.9 Å². The molecule has 1 heterocycles. The highest BCUT2D eigenvalue weighted by Gasteiger charge is 2.32. The highest BCUT2D eigenvalue weighted by atomic mass is 32.2. The van der Waals surface area contributed by atoms with Crippen LogP contribution < -0.4 is 10.6 Å². The average Bonchev–Trinajstić information content (AvgIpc) is 2.84. The molecule has 0 aliphatic carbocycles. The molecule has 128 valence electrons. The quantitative estimate of drug-likeness (QED) is 0.649. The highest BCUT2D eigenvalue weighted by Crippen LogP contribution is 2.23. The lowest BCUT2D eigenvalue weighted by Gasteiger charge is -2.16. The molecule has 24 heavy (non-hydrogen) atoms. The summed E-state index contributed by atoms with van der Waals surface area (Å²) in [6.45, 7) is 8.03. The fraction of sp³-hybridized carbons (Fsp3) is 0.412. The van der Waals surface area contributed by atoms with E-state index in [0.717, 1.165) is 5.71 Å². The van der Waals surface area contributed by atoms with E-state index in [2.05, 4.69) is 20.8 Å². The van der Waals surface area contributed by atoms with Crippen molar-refractivity contribution in [1.29, 1.82) is 0 Å². The number of nitrogens with zero attached hydrogens (tertiary/aromatic N) is 2. The van der Waals surface area contributed by atoms with Gasteiger partial charge in [0.05, 0.1) is 0 Å². The Kier molecular flexibility index (Phi) is 5.77. The largest absolute Gasteiger partial charge is 0.326 e. The first kappa shape index (κ1) is 18.2. The Morgan fingerprint density at radius 3 is 2.58 bits per heavy atom. The molecule has 7 heteroatoms. The maximum Gasteiger partial charge on any atom is 0.240 e. The Morgan fingerprint density at radius 1 is 1.29 bits per heavy atom. The number of hydrogen-bond donors (Lipinski definition) is 2. The van der Waals surface area contributed by atoms with Gasteiger partial charge in [-0.3, -0.25) is 9.59 Å². The van der Waals surface area contributed by atoms with Crippen molar-refractivity contribution in [3.63, 3.8) is 0 Å². The number of para-hydroxylation sites is 1. The lowest BCUT2D eigenvalue weighted by molar-refractivity contribution is -0.122. The van der Waals surface area contributed by atoms with Gasteiger partial charge in [-0.15, -0.1) is 5.10 Å². The Hall–Kier alpha value is -2.15. The third-order valence-electron chi connectivity index (χ3n) is 3.58. The van der Waals surface area contributed by atoms with Crippen molar-refractivity contribution in [1.82, 2.24) is 5.32 Å². The molecule has 0 spiro atoms. The maximum atomic E-state index is 12.0. The molecule has 2 N–H and O–H groups in total. The van der Waals surface area contributed by atoms with Crippen LogP contribution in [0.4, 0.5) is 5.69 Å². The molecule has 0 saturated carbocycles. The van der Waals surface area contributed by atoms with E-state index >= 15 is 0 Å². The molecule has 2 rings (SSSR count). The molecule has 0 unspecified atom stereocenters. The van der Waals surface area contributed by atoms with Gasteiger partial charge in [0.2, 0.25) is 11.8 Å². The molecule has 1 atom stereocenters. The molecule has 0 radical (unpaired) electrons. The summed E-state index contributed by atoms with van der Waals surface area (Å²) >= 11 is 1.23. The van der Waals surface area contributed by atoms with Gasteiger partial charge in [0.15, 0.2) is 5.17 Å². The smallest absolute Gasteiger partial charge is 0.240 e. The number of carbonyl (C=O) groups excluding carboxylic acids is 2. The van der Waals surface area contributed by atoms with Crippen molar-refractivity contribution in [2.45, 2.75) is 39.4 Å². The lowest BCUT2D eigenvalue weighted by atomic mass is 9.91. The highest BCUT2D eigenvalue weighted by molar-refractivity contribution is 8.15. The van der Waals surface area contributed by atoms with E-state index in [1.807, 2.05) is 45.9 Å². The van der Waals surface area contributed by atoms with E-state index in [0.29, 0.717) is 10.9 Å². The molecule has 1 aliphatic rings. The zero-order valence-corrected chi connectivity index (χ0v) is 15.1. The van der Waals surface area contributed by atoms with Crippen LogP contribution in [0.5, 0.6) is 0 Å². The molecule has 1 fully saturated rings. The third-order valence-corrected chi connectivity index (χ3v) is 4.65. The second-order valence-corrected chi connectivity index (χ2v) is 7.75. The number of benzene rings is 1. The number of amidine groups is 1. The van der Waals surface area contributed by atoms with Crippen molar-refractivity contribution in [2.24, 2.45) is 15.6 Å². The zero-order chi connectivity index (χ0) is 17.7. The lowest BCUT2D eigenvalue weighted by Crippen LogP contribution is -2.28. The number of thioether (sulfide) groups is 1. The van der Waals surface area contributed by atoms with Gasteiger partial charge in [-0.25, -0.2) is 0 Å². The van der Waals surface area contributed by atoms with E-state index in [-0.39, 0.29) is 23.7 Å². The van der Waals surface area contributed by atoms with Gasteiger partial charge in [-0.1, -0.05) is 50.7 Å². The summed E-state index contributed by atoms with van der Waals surface area (Å²) in [5.41, 5.74) is 1.51. The summed E-state index contributed by atoms with van der Waals surface area (Å²) in [6, 6.07) is 9.16. The van der Waals surface area contributed by atoms with Crippen molar-refractivity contribution < 1.29 is 9.59 Å². The number of carbonyl (C=O) groups is 2. The number of amides is 2. The fourth-order valence-electron chi connectivity index (χ4n) is 1.76. The Labute approximate surface area is 146 Å². The number of nitrogens with one attached hydrogen (secondary N) is 2. The van der Waals surface area contributed by atoms with Crippen LogP contribution in [0.15, 0.2) is 40.5 Å². The average molecular weight is 346 g/mol. The number of rotatable bonds is 4. The summed E-state index contributed by atoms with van der Waals surface area (Å²) in [6.07, 6.45) is 0.0897. The summed E-state index contributed by atoms with van der Waals surface area (Å²) < 4.78 is 0. The van der Waals surface area contributed by atoms with Gasteiger partial charge in [-0.2, -0.15) is 5.10 Å². The summed E-state index contributed by atoms with van der Waals surface area (Å²) in [7, 11) is 0. The molecule has 0 aromatic heterocycles. The van der Waals surface area contributed by atoms with E-state index in [1.54, 1.807) is 12.1 Å². The van der Waals surface area contributed by atoms with Crippen LogP contribution in [0.25, 0.3) is 0 Å². The minimum Gasteiger partial charge on any atom is -0.326 e. The van der Waals surface area contributed by atoms with Crippen LogP contribution in [0.3, 0.4) is 0 Å². The van der Waals surface area contributed by atoms with Gasteiger partial charge < -0.3 is 10.6 Å². The SMILES string of the molecule is CC(=NN=C1NC(=O)[C@H](CC(=O)Nc2ccccc2)S1)C(C)(C)C. The predicted octanol–water partition coefficient (Wildman–Crippen LogP) is 3.02. The monoisotopic (exact) mass is 346 g/mol. The van der Waals surface area contributed by atoms with Crippen LogP contribution in [0.1, 0.15) is 34.1 Å². The van der Waals surface area contributed by atoms with Crippen LogP contribution in [0, 0.1) is 5.41 Å². The van der Waals surface area contributed by atoms with Crippen molar-refractivity contribution >= 4 is 40.1 Å². The molecular formula is C17H22N4O2S.